The van der Waals surface area contributed by atoms with E-state index in [0.29, 0.717) is 30.7 Å². The number of carbonyl (C=O) groups is 1. The minimum Gasteiger partial charge on any atom is -0.465 e. The van der Waals surface area contributed by atoms with Crippen molar-refractivity contribution in [3.8, 4) is 0 Å². The van der Waals surface area contributed by atoms with Crippen molar-refractivity contribution < 1.29 is 14.3 Å². The summed E-state index contributed by atoms with van der Waals surface area (Å²) < 4.78 is 10.8. The summed E-state index contributed by atoms with van der Waals surface area (Å²) in [5.74, 6) is 1.32. The van der Waals surface area contributed by atoms with Crippen LogP contribution in [-0.4, -0.2) is 24.8 Å². The lowest BCUT2D eigenvalue weighted by atomic mass is 9.89. The predicted octanol–water partition coefficient (Wildman–Crippen LogP) is 1.75. The fourth-order valence-corrected chi connectivity index (χ4v) is 3.30. The van der Waals surface area contributed by atoms with Gasteiger partial charge in [-0.1, -0.05) is 13.3 Å². The van der Waals surface area contributed by atoms with Crippen LogP contribution in [0.15, 0.2) is 0 Å². The van der Waals surface area contributed by atoms with Crippen molar-refractivity contribution in [3.63, 3.8) is 0 Å². The van der Waals surface area contributed by atoms with Gasteiger partial charge in [0.15, 0.2) is 0 Å². The van der Waals surface area contributed by atoms with Crippen LogP contribution >= 0.6 is 0 Å². The number of hydrogen-bond donors (Lipinski definition) is 0. The van der Waals surface area contributed by atoms with Crippen LogP contribution in [0.2, 0.25) is 0 Å². The molecule has 3 heteroatoms. The molecule has 0 aromatic rings. The summed E-state index contributed by atoms with van der Waals surface area (Å²) in [6.45, 7) is 2.70. The third kappa shape index (κ3) is 1.48. The molecule has 2 aliphatic carbocycles. The van der Waals surface area contributed by atoms with E-state index in [4.69, 9.17) is 9.47 Å². The molecule has 0 amide bonds. The van der Waals surface area contributed by atoms with Gasteiger partial charge in [0.25, 0.3) is 0 Å². The van der Waals surface area contributed by atoms with E-state index in [2.05, 4.69) is 6.92 Å². The first-order valence-electron chi connectivity index (χ1n) is 6.13. The number of fused-ring (bicyclic) bond motifs is 5. The maximum atomic E-state index is 11.8. The van der Waals surface area contributed by atoms with Gasteiger partial charge in [0.1, 0.15) is 0 Å². The van der Waals surface area contributed by atoms with Crippen molar-refractivity contribution in [1.29, 1.82) is 0 Å². The summed E-state index contributed by atoms with van der Waals surface area (Å²) >= 11 is 0. The van der Waals surface area contributed by atoms with Crippen molar-refractivity contribution >= 4 is 5.97 Å². The van der Waals surface area contributed by atoms with E-state index in [-0.39, 0.29) is 11.9 Å². The van der Waals surface area contributed by atoms with E-state index in [1.807, 2.05) is 0 Å². The monoisotopic (exact) mass is 210 g/mol. The van der Waals surface area contributed by atoms with E-state index in [1.54, 1.807) is 0 Å². The van der Waals surface area contributed by atoms with E-state index in [1.165, 1.54) is 6.42 Å². The Hall–Kier alpha value is -0.570. The highest BCUT2D eigenvalue weighted by molar-refractivity contribution is 5.74. The Morgan fingerprint density at radius 1 is 1.40 bits per heavy atom. The molecule has 0 spiro atoms. The molecule has 1 heterocycles. The second kappa shape index (κ2) is 3.48. The molecule has 3 nitrogen and oxygen atoms in total. The molecule has 0 unspecified atom stereocenters. The fraction of sp³-hybridized carbons (Fsp3) is 0.917. The maximum Gasteiger partial charge on any atom is 0.309 e. The minimum atomic E-state index is 0.0323. The van der Waals surface area contributed by atoms with E-state index >= 15 is 0 Å². The van der Waals surface area contributed by atoms with Gasteiger partial charge in [0.2, 0.25) is 0 Å². The van der Waals surface area contributed by atoms with Crippen LogP contribution in [0.4, 0.5) is 0 Å². The lowest BCUT2D eigenvalue weighted by molar-refractivity contribution is -0.150. The molecule has 2 bridgehead atoms. The minimum absolute atomic E-state index is 0.0323. The predicted molar refractivity (Wildman–Crippen MR) is 54.2 cm³/mol. The molecule has 0 aromatic heterocycles. The molecule has 1 saturated heterocycles. The van der Waals surface area contributed by atoms with Crippen LogP contribution < -0.4 is 0 Å². The van der Waals surface area contributed by atoms with Crippen molar-refractivity contribution in [2.45, 2.75) is 44.8 Å². The maximum absolute atomic E-state index is 11.8. The third-order valence-corrected chi connectivity index (χ3v) is 4.14. The Labute approximate surface area is 90.1 Å². The molecule has 1 aliphatic heterocycles. The van der Waals surface area contributed by atoms with Crippen LogP contribution in [0.3, 0.4) is 0 Å². The van der Waals surface area contributed by atoms with Crippen LogP contribution in [0.25, 0.3) is 0 Å². The van der Waals surface area contributed by atoms with Crippen LogP contribution in [0.5, 0.6) is 0 Å². The molecule has 15 heavy (non-hydrogen) atoms. The molecule has 3 aliphatic rings. The average molecular weight is 210 g/mol. The van der Waals surface area contributed by atoms with Crippen molar-refractivity contribution in [2.75, 3.05) is 6.61 Å². The zero-order valence-electron chi connectivity index (χ0n) is 9.15. The highest BCUT2D eigenvalue weighted by Crippen LogP contribution is 2.58. The first-order chi connectivity index (χ1) is 7.31. The summed E-state index contributed by atoms with van der Waals surface area (Å²) in [6.07, 6.45) is 5.19. The Bertz CT molecular complexity index is 276. The first kappa shape index (κ1) is 9.64. The molecule has 0 aromatic carbocycles. The quantitative estimate of drug-likeness (QED) is 0.403. The molecule has 5 atom stereocenters. The topological polar surface area (TPSA) is 38.8 Å². The number of epoxide rings is 1. The van der Waals surface area contributed by atoms with Gasteiger partial charge < -0.3 is 9.47 Å². The molecule has 84 valence electrons. The van der Waals surface area contributed by atoms with E-state index < -0.39 is 0 Å². The summed E-state index contributed by atoms with van der Waals surface area (Å²) in [5.41, 5.74) is 0. The Balaban J connectivity index is 1.53. The van der Waals surface area contributed by atoms with Gasteiger partial charge in [0, 0.05) is 5.92 Å². The van der Waals surface area contributed by atoms with E-state index in [0.717, 1.165) is 19.3 Å². The number of unbranched alkanes of at least 4 members (excludes halogenated alkanes) is 1. The number of ether oxygens (including phenoxy) is 2. The number of esters is 1. The zero-order valence-corrected chi connectivity index (χ0v) is 9.15. The summed E-state index contributed by atoms with van der Waals surface area (Å²) in [7, 11) is 0. The van der Waals surface area contributed by atoms with Gasteiger partial charge >= 0.3 is 5.97 Å². The molecular formula is C12H18O3. The highest BCUT2D eigenvalue weighted by Gasteiger charge is 2.64. The normalized spacial score (nSPS) is 45.3. The van der Waals surface area contributed by atoms with Gasteiger partial charge in [-0.2, -0.15) is 0 Å². The Kier molecular flexibility index (Phi) is 2.23. The molecule has 0 radical (unpaired) electrons. The first-order valence-corrected chi connectivity index (χ1v) is 6.13. The van der Waals surface area contributed by atoms with Crippen molar-refractivity contribution in [1.82, 2.24) is 0 Å². The lowest BCUT2D eigenvalue weighted by Gasteiger charge is -2.17. The number of hydrogen-bond acceptors (Lipinski definition) is 3. The SMILES string of the molecule is CCCCOC(=O)[C@@H]1C[C@H]2C[C@H]1[C@H]1O[C@H]21. The molecule has 3 rings (SSSR count). The van der Waals surface area contributed by atoms with Gasteiger partial charge in [0.05, 0.1) is 24.7 Å². The summed E-state index contributed by atoms with van der Waals surface area (Å²) in [5, 5.41) is 0. The lowest BCUT2D eigenvalue weighted by Crippen LogP contribution is -2.27. The number of carbonyl (C=O) groups excluding carboxylic acids is 1. The summed E-state index contributed by atoms with van der Waals surface area (Å²) in [4.78, 5) is 11.8. The van der Waals surface area contributed by atoms with Gasteiger partial charge in [-0.15, -0.1) is 0 Å². The Morgan fingerprint density at radius 3 is 2.93 bits per heavy atom. The molecule has 2 saturated carbocycles. The van der Waals surface area contributed by atoms with E-state index in [9.17, 15) is 4.79 Å². The van der Waals surface area contributed by atoms with Crippen LogP contribution in [0.1, 0.15) is 32.6 Å². The molecular weight excluding hydrogens is 192 g/mol. The largest absolute Gasteiger partial charge is 0.465 e. The zero-order chi connectivity index (χ0) is 10.4. The van der Waals surface area contributed by atoms with Crippen LogP contribution in [-0.2, 0) is 14.3 Å². The average Bonchev–Trinajstić information content (AvgIpc) is 2.84. The number of rotatable bonds is 4. The summed E-state index contributed by atoms with van der Waals surface area (Å²) in [6, 6.07) is 0. The van der Waals surface area contributed by atoms with Crippen molar-refractivity contribution in [2.24, 2.45) is 17.8 Å². The van der Waals surface area contributed by atoms with Gasteiger partial charge in [-0.3, -0.25) is 4.79 Å². The second-order valence-electron chi connectivity index (χ2n) is 5.09. The smallest absolute Gasteiger partial charge is 0.309 e. The molecule has 3 fully saturated rings. The molecule has 0 N–H and O–H groups in total. The van der Waals surface area contributed by atoms with Crippen molar-refractivity contribution in [3.05, 3.63) is 0 Å². The van der Waals surface area contributed by atoms with Gasteiger partial charge in [-0.25, -0.2) is 0 Å². The van der Waals surface area contributed by atoms with Gasteiger partial charge in [-0.05, 0) is 25.2 Å². The third-order valence-electron chi connectivity index (χ3n) is 4.14. The Morgan fingerprint density at radius 2 is 2.27 bits per heavy atom. The highest BCUT2D eigenvalue weighted by atomic mass is 16.6. The van der Waals surface area contributed by atoms with Crippen LogP contribution in [0, 0.1) is 17.8 Å². The fourth-order valence-electron chi connectivity index (χ4n) is 3.30. The second-order valence-corrected chi connectivity index (χ2v) is 5.09. The standard InChI is InChI=1S/C12H18O3/c1-2-3-4-14-12(13)9-6-7-5-8(9)11-10(7)15-11/h7-11H,2-6H2,1H3/t7-,8-,9-,10-,11-/m1/s1.